The zero-order chi connectivity index (χ0) is 18.4. The van der Waals surface area contributed by atoms with Crippen molar-refractivity contribution in [2.45, 2.75) is 6.92 Å². The van der Waals surface area contributed by atoms with Crippen molar-refractivity contribution in [2.24, 2.45) is 0 Å². The van der Waals surface area contributed by atoms with Crippen molar-refractivity contribution < 1.29 is 9.59 Å². The lowest BCUT2D eigenvalue weighted by molar-refractivity contribution is 0.102. The Labute approximate surface area is 152 Å². The molecule has 0 bridgehead atoms. The number of hydrogen-bond donors (Lipinski definition) is 3. The number of urea groups is 1. The van der Waals surface area contributed by atoms with Gasteiger partial charge in [-0.3, -0.25) is 4.79 Å². The predicted octanol–water partition coefficient (Wildman–Crippen LogP) is 4.89. The van der Waals surface area contributed by atoms with Crippen molar-refractivity contribution in [1.29, 1.82) is 0 Å². The summed E-state index contributed by atoms with van der Waals surface area (Å²) in [6.45, 7) is 1.90. The van der Waals surface area contributed by atoms with Crippen LogP contribution in [0.15, 0.2) is 78.9 Å². The van der Waals surface area contributed by atoms with Crippen LogP contribution >= 0.6 is 0 Å². The number of anilines is 3. The Morgan fingerprint density at radius 1 is 0.615 bits per heavy atom. The third-order valence-corrected chi connectivity index (χ3v) is 3.82. The highest BCUT2D eigenvalue weighted by atomic mass is 16.2. The van der Waals surface area contributed by atoms with Crippen LogP contribution in [0.25, 0.3) is 0 Å². The van der Waals surface area contributed by atoms with Gasteiger partial charge in [0.2, 0.25) is 0 Å². The number of hydrogen-bond acceptors (Lipinski definition) is 2. The van der Waals surface area contributed by atoms with Crippen LogP contribution in [0.4, 0.5) is 21.9 Å². The standard InChI is InChI=1S/C21H19N3O2/c1-15-7-5-6-10-19(15)20(25)22-17-11-13-18(14-12-17)24-21(26)23-16-8-3-2-4-9-16/h2-14H,1H3,(H,22,25)(H2,23,24,26). The molecular weight excluding hydrogens is 326 g/mol. The first kappa shape index (κ1) is 17.2. The van der Waals surface area contributed by atoms with Gasteiger partial charge < -0.3 is 16.0 Å². The summed E-state index contributed by atoms with van der Waals surface area (Å²) in [6, 6.07) is 23.2. The van der Waals surface area contributed by atoms with Crippen LogP contribution < -0.4 is 16.0 Å². The third kappa shape index (κ3) is 4.48. The molecule has 0 aliphatic rings. The van der Waals surface area contributed by atoms with Gasteiger partial charge in [-0.25, -0.2) is 4.79 Å². The third-order valence-electron chi connectivity index (χ3n) is 3.82. The van der Waals surface area contributed by atoms with Gasteiger partial charge in [-0.15, -0.1) is 0 Å². The minimum atomic E-state index is -0.326. The Morgan fingerprint density at radius 2 is 1.12 bits per heavy atom. The van der Waals surface area contributed by atoms with Gasteiger partial charge in [0, 0.05) is 22.6 Å². The van der Waals surface area contributed by atoms with Crippen LogP contribution in [0.1, 0.15) is 15.9 Å². The largest absolute Gasteiger partial charge is 0.323 e. The Kier molecular flexibility index (Phi) is 5.29. The van der Waals surface area contributed by atoms with Gasteiger partial charge in [0.15, 0.2) is 0 Å². The van der Waals surface area contributed by atoms with Crippen molar-refractivity contribution in [3.05, 3.63) is 90.0 Å². The monoisotopic (exact) mass is 345 g/mol. The van der Waals surface area contributed by atoms with Crippen LogP contribution in [-0.2, 0) is 0 Å². The van der Waals surface area contributed by atoms with E-state index in [1.807, 2.05) is 55.5 Å². The molecule has 0 saturated carbocycles. The summed E-state index contributed by atoms with van der Waals surface area (Å²) in [7, 11) is 0. The molecule has 0 fully saturated rings. The molecular formula is C21H19N3O2. The molecule has 5 nitrogen and oxygen atoms in total. The van der Waals surface area contributed by atoms with Gasteiger partial charge >= 0.3 is 6.03 Å². The van der Waals surface area contributed by atoms with E-state index in [1.165, 1.54) is 0 Å². The molecule has 0 unspecified atom stereocenters. The molecule has 130 valence electrons. The van der Waals surface area contributed by atoms with Crippen molar-refractivity contribution in [2.75, 3.05) is 16.0 Å². The summed E-state index contributed by atoms with van der Waals surface area (Å²) >= 11 is 0. The molecule has 26 heavy (non-hydrogen) atoms. The van der Waals surface area contributed by atoms with Crippen molar-refractivity contribution in [3.8, 4) is 0 Å². The maximum Gasteiger partial charge on any atom is 0.323 e. The summed E-state index contributed by atoms with van der Waals surface area (Å²) in [6.07, 6.45) is 0. The number of rotatable bonds is 4. The summed E-state index contributed by atoms with van der Waals surface area (Å²) < 4.78 is 0. The summed E-state index contributed by atoms with van der Waals surface area (Å²) in [5.41, 5.74) is 3.56. The van der Waals surface area contributed by atoms with Crippen LogP contribution in [0.2, 0.25) is 0 Å². The highest BCUT2D eigenvalue weighted by Gasteiger charge is 2.08. The summed E-state index contributed by atoms with van der Waals surface area (Å²) in [5, 5.41) is 8.35. The molecule has 0 aliphatic carbocycles. The number of amides is 3. The fraction of sp³-hybridized carbons (Fsp3) is 0.0476. The van der Waals surface area contributed by atoms with Crippen molar-refractivity contribution in [1.82, 2.24) is 0 Å². The Hall–Kier alpha value is -3.60. The van der Waals surface area contributed by atoms with E-state index in [0.29, 0.717) is 22.6 Å². The Balaban J connectivity index is 1.59. The van der Waals surface area contributed by atoms with Gasteiger partial charge in [-0.2, -0.15) is 0 Å². The summed E-state index contributed by atoms with van der Waals surface area (Å²) in [4.78, 5) is 24.3. The average molecular weight is 345 g/mol. The molecule has 3 N–H and O–H groups in total. The minimum absolute atomic E-state index is 0.161. The first-order valence-electron chi connectivity index (χ1n) is 8.22. The van der Waals surface area contributed by atoms with Gasteiger partial charge in [-0.1, -0.05) is 36.4 Å². The van der Waals surface area contributed by atoms with E-state index in [1.54, 1.807) is 30.3 Å². The summed E-state index contributed by atoms with van der Waals surface area (Å²) in [5.74, 6) is -0.161. The molecule has 0 heterocycles. The number of nitrogens with one attached hydrogen (secondary N) is 3. The fourth-order valence-electron chi connectivity index (χ4n) is 2.48. The number of para-hydroxylation sites is 1. The topological polar surface area (TPSA) is 70.2 Å². The fourth-order valence-corrected chi connectivity index (χ4v) is 2.48. The Bertz CT molecular complexity index is 906. The maximum absolute atomic E-state index is 12.3. The second-order valence-electron chi connectivity index (χ2n) is 5.79. The first-order chi connectivity index (χ1) is 12.6. The van der Waals surface area contributed by atoms with Crippen LogP contribution in [-0.4, -0.2) is 11.9 Å². The molecule has 0 spiro atoms. The zero-order valence-corrected chi connectivity index (χ0v) is 14.3. The first-order valence-corrected chi connectivity index (χ1v) is 8.22. The quantitative estimate of drug-likeness (QED) is 0.630. The number of benzene rings is 3. The van der Waals surface area contributed by atoms with E-state index >= 15 is 0 Å². The SMILES string of the molecule is Cc1ccccc1C(=O)Nc1ccc(NC(=O)Nc2ccccc2)cc1. The van der Waals surface area contributed by atoms with Gasteiger partial charge in [0.25, 0.3) is 5.91 Å². The van der Waals surface area contributed by atoms with E-state index in [-0.39, 0.29) is 11.9 Å². The Morgan fingerprint density at radius 3 is 1.73 bits per heavy atom. The molecule has 3 rings (SSSR count). The van der Waals surface area contributed by atoms with E-state index in [9.17, 15) is 9.59 Å². The molecule has 0 radical (unpaired) electrons. The van der Waals surface area contributed by atoms with Crippen LogP contribution in [0.5, 0.6) is 0 Å². The lowest BCUT2D eigenvalue weighted by Crippen LogP contribution is -2.19. The number of carbonyl (C=O) groups excluding carboxylic acids is 2. The minimum Gasteiger partial charge on any atom is -0.322 e. The van der Waals surface area contributed by atoms with E-state index in [4.69, 9.17) is 0 Å². The molecule has 0 saturated heterocycles. The van der Waals surface area contributed by atoms with Crippen molar-refractivity contribution in [3.63, 3.8) is 0 Å². The second-order valence-corrected chi connectivity index (χ2v) is 5.79. The zero-order valence-electron chi connectivity index (χ0n) is 14.3. The van der Waals surface area contributed by atoms with Crippen molar-refractivity contribution >= 4 is 29.0 Å². The maximum atomic E-state index is 12.3. The highest BCUT2D eigenvalue weighted by Crippen LogP contribution is 2.16. The number of aryl methyl sites for hydroxylation is 1. The molecule has 0 aromatic heterocycles. The van der Waals surface area contributed by atoms with E-state index in [2.05, 4.69) is 16.0 Å². The smallest absolute Gasteiger partial charge is 0.322 e. The molecule has 0 aliphatic heterocycles. The van der Waals surface area contributed by atoms with Gasteiger partial charge in [-0.05, 0) is 55.0 Å². The molecule has 5 heteroatoms. The van der Waals surface area contributed by atoms with Crippen LogP contribution in [0, 0.1) is 6.92 Å². The normalized spacial score (nSPS) is 10.0. The molecule has 3 aromatic carbocycles. The second kappa shape index (κ2) is 7.98. The lowest BCUT2D eigenvalue weighted by atomic mass is 10.1. The average Bonchev–Trinajstić information content (AvgIpc) is 2.64. The predicted molar refractivity (Wildman–Crippen MR) is 105 cm³/mol. The van der Waals surface area contributed by atoms with Gasteiger partial charge in [0.05, 0.1) is 0 Å². The highest BCUT2D eigenvalue weighted by molar-refractivity contribution is 6.05. The van der Waals surface area contributed by atoms with E-state index < -0.39 is 0 Å². The van der Waals surface area contributed by atoms with E-state index in [0.717, 1.165) is 5.56 Å². The van der Waals surface area contributed by atoms with Gasteiger partial charge in [0.1, 0.15) is 0 Å². The lowest BCUT2D eigenvalue weighted by Gasteiger charge is -2.10. The molecule has 0 atom stereocenters. The molecule has 3 amide bonds. The number of carbonyl (C=O) groups is 2. The van der Waals surface area contributed by atoms with Crippen LogP contribution in [0.3, 0.4) is 0 Å². The molecule has 3 aromatic rings.